The predicted octanol–water partition coefficient (Wildman–Crippen LogP) is 3.22. The van der Waals surface area contributed by atoms with E-state index in [2.05, 4.69) is 25.7 Å². The first-order valence-electron chi connectivity index (χ1n) is 5.94. The molecule has 0 bridgehead atoms. The Kier molecular flexibility index (Phi) is 3.99. The molecule has 0 spiro atoms. The maximum absolute atomic E-state index is 12.2. The van der Waals surface area contributed by atoms with Crippen molar-refractivity contribution in [2.45, 2.75) is 39.3 Å². The summed E-state index contributed by atoms with van der Waals surface area (Å²) >= 11 is 0. The topological polar surface area (TPSA) is 26.3 Å². The molecule has 0 atom stereocenters. The maximum atomic E-state index is 12.2. The van der Waals surface area contributed by atoms with Crippen molar-refractivity contribution >= 4 is 27.5 Å². The summed E-state index contributed by atoms with van der Waals surface area (Å²) in [6.07, 6.45) is 0. The summed E-state index contributed by atoms with van der Waals surface area (Å²) in [5, 5.41) is 1.18. The maximum Gasteiger partial charge on any atom is 0.324 e. The van der Waals surface area contributed by atoms with Gasteiger partial charge in [-0.1, -0.05) is 37.8 Å². The van der Waals surface area contributed by atoms with Crippen molar-refractivity contribution in [1.82, 2.24) is 0 Å². The van der Waals surface area contributed by atoms with Crippen LogP contribution in [0.25, 0.3) is 0 Å². The predicted molar refractivity (Wildman–Crippen MR) is 78.2 cm³/mol. The summed E-state index contributed by atoms with van der Waals surface area (Å²) in [4.78, 5) is 12.2. The van der Waals surface area contributed by atoms with E-state index in [1.807, 2.05) is 37.8 Å². The first kappa shape index (κ1) is 14.2. The molecule has 0 saturated heterocycles. The average Bonchev–Trinajstić information content (AvgIpc) is 2.13. The minimum atomic E-state index is -1.82. The number of hydrogen-bond acceptors (Lipinski definition) is 2. The molecule has 0 amide bonds. The fraction of sp³-hybridized carbons (Fsp3) is 0.462. The highest BCUT2D eigenvalue weighted by atomic mass is 28.4. The van der Waals surface area contributed by atoms with E-state index >= 15 is 0 Å². The summed E-state index contributed by atoms with van der Waals surface area (Å²) in [6, 6.07) is 7.85. The van der Waals surface area contributed by atoms with E-state index in [-0.39, 0.29) is 5.97 Å². The monoisotopic (exact) mass is 266 g/mol. The Hall–Kier alpha value is -0.876. The van der Waals surface area contributed by atoms with Crippen LogP contribution in [0.15, 0.2) is 24.3 Å². The molecule has 17 heavy (non-hydrogen) atoms. The lowest BCUT2D eigenvalue weighted by molar-refractivity contribution is 0.0726. The molecule has 2 nitrogen and oxygen atoms in total. The normalized spacial score (nSPS) is 12.4. The van der Waals surface area contributed by atoms with Gasteiger partial charge in [-0.2, -0.15) is 0 Å². The van der Waals surface area contributed by atoms with Crippen LogP contribution < -0.4 is 5.19 Å². The van der Waals surface area contributed by atoms with Crippen LogP contribution in [0.4, 0.5) is 0 Å². The Morgan fingerprint density at radius 2 is 1.53 bits per heavy atom. The van der Waals surface area contributed by atoms with Crippen molar-refractivity contribution < 1.29 is 9.22 Å². The summed E-state index contributed by atoms with van der Waals surface area (Å²) in [7, 11) is -3.32. The van der Waals surface area contributed by atoms with Crippen LogP contribution in [0.1, 0.15) is 10.4 Å². The van der Waals surface area contributed by atoms with Gasteiger partial charge in [0.05, 0.1) is 13.6 Å². The van der Waals surface area contributed by atoms with E-state index in [9.17, 15) is 4.79 Å². The highest BCUT2D eigenvalue weighted by Crippen LogP contribution is 2.12. The molecule has 0 aliphatic carbocycles. The Morgan fingerprint density at radius 3 is 2.00 bits per heavy atom. The zero-order chi connectivity index (χ0) is 13.3. The Labute approximate surface area is 106 Å². The molecule has 0 saturated carbocycles. The molecule has 1 aromatic carbocycles. The summed E-state index contributed by atoms with van der Waals surface area (Å²) < 4.78 is 5.58. The van der Waals surface area contributed by atoms with Gasteiger partial charge in [-0.3, -0.25) is 0 Å². The van der Waals surface area contributed by atoms with Gasteiger partial charge in [0.1, 0.15) is 0 Å². The Balaban J connectivity index is 3.11. The first-order valence-corrected chi connectivity index (χ1v) is 12.8. The molecule has 94 valence electrons. The second-order valence-electron chi connectivity index (χ2n) is 6.30. The molecule has 4 heteroatoms. The number of hydrogen-bond donors (Lipinski definition) is 0. The minimum Gasteiger partial charge on any atom is -0.516 e. The highest BCUT2D eigenvalue weighted by molar-refractivity contribution is 6.89. The third-order valence-corrected chi connectivity index (χ3v) is 5.20. The second-order valence-corrected chi connectivity index (χ2v) is 15.8. The van der Waals surface area contributed by atoms with Gasteiger partial charge < -0.3 is 4.43 Å². The molecule has 0 radical (unpaired) electrons. The number of carbonyl (C=O) groups is 1. The van der Waals surface area contributed by atoms with Gasteiger partial charge in [-0.15, -0.1) is 0 Å². The lowest BCUT2D eigenvalue weighted by atomic mass is 10.2. The van der Waals surface area contributed by atoms with Crippen molar-refractivity contribution in [2.75, 3.05) is 0 Å². The van der Waals surface area contributed by atoms with E-state index in [1.165, 1.54) is 5.19 Å². The van der Waals surface area contributed by atoms with Crippen LogP contribution in [0.3, 0.4) is 0 Å². The molecular weight excluding hydrogens is 244 g/mol. The van der Waals surface area contributed by atoms with Gasteiger partial charge in [-0.05, 0) is 30.9 Å². The van der Waals surface area contributed by atoms with Crippen LogP contribution in [-0.4, -0.2) is 22.4 Å². The van der Waals surface area contributed by atoms with E-state index in [1.54, 1.807) is 0 Å². The molecular formula is C13H22O2Si2. The smallest absolute Gasteiger partial charge is 0.324 e. The lowest BCUT2D eigenvalue weighted by Crippen LogP contribution is -2.42. The summed E-state index contributed by atoms with van der Waals surface area (Å²) in [6.45, 7) is 12.8. The van der Waals surface area contributed by atoms with Gasteiger partial charge in [-0.25, -0.2) is 4.79 Å². The van der Waals surface area contributed by atoms with Crippen molar-refractivity contribution in [3.63, 3.8) is 0 Å². The lowest BCUT2D eigenvalue weighted by Gasteiger charge is -2.23. The number of benzene rings is 1. The van der Waals surface area contributed by atoms with Crippen molar-refractivity contribution in [2.24, 2.45) is 0 Å². The van der Waals surface area contributed by atoms with Gasteiger partial charge in [0.2, 0.25) is 8.32 Å². The van der Waals surface area contributed by atoms with Crippen molar-refractivity contribution in [3.05, 3.63) is 29.8 Å². The largest absolute Gasteiger partial charge is 0.516 e. The van der Waals surface area contributed by atoms with Crippen LogP contribution in [0, 0.1) is 0 Å². The zero-order valence-corrected chi connectivity index (χ0v) is 13.6. The van der Waals surface area contributed by atoms with Crippen LogP contribution in [-0.2, 0) is 4.43 Å². The number of rotatable bonds is 3. The second kappa shape index (κ2) is 4.78. The number of carbonyl (C=O) groups excluding carboxylic acids is 1. The third kappa shape index (κ3) is 4.13. The highest BCUT2D eigenvalue weighted by Gasteiger charge is 2.26. The van der Waals surface area contributed by atoms with Gasteiger partial charge in [0.25, 0.3) is 0 Å². The van der Waals surface area contributed by atoms with Gasteiger partial charge >= 0.3 is 5.97 Å². The van der Waals surface area contributed by atoms with E-state index in [4.69, 9.17) is 4.43 Å². The molecule has 0 heterocycles. The SMILES string of the molecule is C[Si](C)(C)OC(=O)c1ccccc1[Si](C)(C)C. The van der Waals surface area contributed by atoms with Gasteiger partial charge in [0, 0.05) is 0 Å². The molecule has 0 aliphatic rings. The standard InChI is InChI=1S/C13H22O2Si2/c1-16(2,3)12-10-8-7-9-11(12)13(14)15-17(4,5)6/h7-10H,1-6H3. The summed E-state index contributed by atoms with van der Waals surface area (Å²) in [5.41, 5.74) is 0.758. The molecule has 0 aromatic heterocycles. The molecule has 0 aliphatic heterocycles. The van der Waals surface area contributed by atoms with Crippen molar-refractivity contribution in [3.8, 4) is 0 Å². The third-order valence-electron chi connectivity index (χ3n) is 2.35. The van der Waals surface area contributed by atoms with E-state index < -0.39 is 16.4 Å². The fourth-order valence-corrected chi connectivity index (χ4v) is 3.90. The van der Waals surface area contributed by atoms with Crippen LogP contribution >= 0.6 is 0 Å². The Morgan fingerprint density at radius 1 is 1.00 bits per heavy atom. The zero-order valence-electron chi connectivity index (χ0n) is 11.6. The molecule has 0 unspecified atom stereocenters. The first-order chi connectivity index (χ1) is 7.61. The molecule has 1 aromatic rings. The van der Waals surface area contributed by atoms with Crippen LogP contribution in [0.5, 0.6) is 0 Å². The van der Waals surface area contributed by atoms with Crippen LogP contribution in [0.2, 0.25) is 39.3 Å². The Bertz CT molecular complexity index is 414. The average molecular weight is 266 g/mol. The van der Waals surface area contributed by atoms with Crippen molar-refractivity contribution in [1.29, 1.82) is 0 Å². The van der Waals surface area contributed by atoms with E-state index in [0.717, 1.165) is 5.56 Å². The molecule has 0 fully saturated rings. The van der Waals surface area contributed by atoms with Gasteiger partial charge in [0.15, 0.2) is 0 Å². The minimum absolute atomic E-state index is 0.151. The molecule has 0 N–H and O–H groups in total. The fourth-order valence-electron chi connectivity index (χ4n) is 1.65. The molecule has 1 rings (SSSR count). The quantitative estimate of drug-likeness (QED) is 0.785. The van der Waals surface area contributed by atoms with E-state index in [0.29, 0.717) is 0 Å². The summed E-state index contributed by atoms with van der Waals surface area (Å²) in [5.74, 6) is -0.151.